The molecule has 0 heterocycles. The van der Waals surface area contributed by atoms with Crippen LogP contribution in [0.25, 0.3) is 0 Å². The number of benzene rings is 1. The Kier molecular flexibility index (Phi) is 2.60. The molecule has 0 amide bonds. The Hall–Kier alpha value is -0.0900. The lowest BCUT2D eigenvalue weighted by Crippen LogP contribution is -2.18. The van der Waals surface area contributed by atoms with Crippen molar-refractivity contribution >= 4 is 22.6 Å². The highest BCUT2D eigenvalue weighted by atomic mass is 127. The summed E-state index contributed by atoms with van der Waals surface area (Å²) in [5.41, 5.74) is 10.3. The van der Waals surface area contributed by atoms with Gasteiger partial charge in [-0.1, -0.05) is 0 Å². The van der Waals surface area contributed by atoms with E-state index in [4.69, 9.17) is 5.73 Å². The summed E-state index contributed by atoms with van der Waals surface area (Å²) in [4.78, 5) is 0. The van der Waals surface area contributed by atoms with Crippen LogP contribution in [0.4, 0.5) is 0 Å². The summed E-state index contributed by atoms with van der Waals surface area (Å²) in [6.07, 6.45) is 3.60. The van der Waals surface area contributed by atoms with Crippen LogP contribution in [-0.2, 0) is 6.42 Å². The first-order chi connectivity index (χ1) is 6.18. The largest absolute Gasteiger partial charge is 0.324 e. The van der Waals surface area contributed by atoms with Crippen LogP contribution in [0.5, 0.6) is 0 Å². The number of hydrogen-bond donors (Lipinski definition) is 1. The van der Waals surface area contributed by atoms with E-state index in [-0.39, 0.29) is 6.04 Å². The van der Waals surface area contributed by atoms with E-state index in [2.05, 4.69) is 41.6 Å². The summed E-state index contributed by atoms with van der Waals surface area (Å²) in [7, 11) is 0. The molecule has 13 heavy (non-hydrogen) atoms. The highest BCUT2D eigenvalue weighted by molar-refractivity contribution is 14.1. The van der Waals surface area contributed by atoms with Gasteiger partial charge in [-0.2, -0.15) is 0 Å². The van der Waals surface area contributed by atoms with Crippen molar-refractivity contribution in [2.45, 2.75) is 32.2 Å². The number of nitrogens with two attached hydrogens (primary N) is 1. The summed E-state index contributed by atoms with van der Waals surface area (Å²) in [6.45, 7) is 2.17. The van der Waals surface area contributed by atoms with E-state index < -0.39 is 0 Å². The molecule has 1 atom stereocenters. The fourth-order valence-electron chi connectivity index (χ4n) is 2.22. The van der Waals surface area contributed by atoms with Crippen LogP contribution in [0.2, 0.25) is 0 Å². The Bertz CT molecular complexity index is 333. The average Bonchev–Trinajstić information content (AvgIpc) is 2.02. The van der Waals surface area contributed by atoms with Crippen LogP contribution in [-0.4, -0.2) is 0 Å². The van der Waals surface area contributed by atoms with Crippen molar-refractivity contribution in [2.24, 2.45) is 5.73 Å². The molecule has 1 aromatic rings. The van der Waals surface area contributed by atoms with Crippen LogP contribution >= 0.6 is 22.6 Å². The summed E-state index contributed by atoms with van der Waals surface area (Å²) in [5, 5.41) is 0. The van der Waals surface area contributed by atoms with Gasteiger partial charge in [-0.05, 0) is 77.6 Å². The van der Waals surface area contributed by atoms with Gasteiger partial charge in [-0.25, -0.2) is 0 Å². The molecular weight excluding hydrogens is 273 g/mol. The first kappa shape index (κ1) is 9.46. The maximum absolute atomic E-state index is 6.09. The van der Waals surface area contributed by atoms with Gasteiger partial charge in [0.05, 0.1) is 0 Å². The van der Waals surface area contributed by atoms with E-state index in [9.17, 15) is 0 Å². The SMILES string of the molecule is Cc1cc(I)cc2c1[C@H](N)CCC2. The first-order valence-corrected chi connectivity index (χ1v) is 5.81. The molecule has 70 valence electrons. The summed E-state index contributed by atoms with van der Waals surface area (Å²) in [5.74, 6) is 0. The molecule has 0 saturated carbocycles. The quantitative estimate of drug-likeness (QED) is 0.729. The predicted octanol–water partition coefficient (Wildman–Crippen LogP) is 2.94. The second-order valence-electron chi connectivity index (χ2n) is 3.79. The van der Waals surface area contributed by atoms with Crippen molar-refractivity contribution in [3.63, 3.8) is 0 Å². The van der Waals surface area contributed by atoms with Crippen molar-refractivity contribution in [2.75, 3.05) is 0 Å². The smallest absolute Gasteiger partial charge is 0.0300 e. The van der Waals surface area contributed by atoms with Crippen molar-refractivity contribution < 1.29 is 0 Å². The fourth-order valence-corrected chi connectivity index (χ4v) is 3.06. The molecule has 0 saturated heterocycles. The zero-order valence-electron chi connectivity index (χ0n) is 7.81. The van der Waals surface area contributed by atoms with Crippen LogP contribution in [0, 0.1) is 10.5 Å². The lowest BCUT2D eigenvalue weighted by atomic mass is 9.85. The Morgan fingerprint density at radius 3 is 3.00 bits per heavy atom. The minimum absolute atomic E-state index is 0.278. The molecule has 1 aromatic carbocycles. The van der Waals surface area contributed by atoms with Gasteiger partial charge in [-0.15, -0.1) is 0 Å². The second kappa shape index (κ2) is 3.58. The lowest BCUT2D eigenvalue weighted by Gasteiger charge is -2.24. The molecule has 2 rings (SSSR count). The van der Waals surface area contributed by atoms with Gasteiger partial charge in [0.2, 0.25) is 0 Å². The molecule has 0 radical (unpaired) electrons. The Morgan fingerprint density at radius 1 is 1.46 bits per heavy atom. The zero-order valence-corrected chi connectivity index (χ0v) is 9.97. The number of fused-ring (bicyclic) bond motifs is 1. The minimum atomic E-state index is 0.278. The Balaban J connectivity index is 2.56. The van der Waals surface area contributed by atoms with E-state index >= 15 is 0 Å². The third-order valence-electron chi connectivity index (χ3n) is 2.77. The molecule has 0 unspecified atom stereocenters. The topological polar surface area (TPSA) is 26.0 Å². The maximum Gasteiger partial charge on any atom is 0.0300 e. The fraction of sp³-hybridized carbons (Fsp3) is 0.455. The highest BCUT2D eigenvalue weighted by Crippen LogP contribution is 2.31. The standard InChI is InChI=1S/C11H14IN/c1-7-5-9(12)6-8-3-2-4-10(13)11(7)8/h5-6,10H,2-4,13H2,1H3/t10-/m1/s1. The third kappa shape index (κ3) is 1.74. The van der Waals surface area contributed by atoms with Gasteiger partial charge < -0.3 is 5.73 Å². The van der Waals surface area contributed by atoms with E-state index in [1.807, 2.05) is 0 Å². The summed E-state index contributed by atoms with van der Waals surface area (Å²) in [6, 6.07) is 4.78. The van der Waals surface area contributed by atoms with Crippen molar-refractivity contribution in [1.29, 1.82) is 0 Å². The molecule has 0 fully saturated rings. The third-order valence-corrected chi connectivity index (χ3v) is 3.39. The Morgan fingerprint density at radius 2 is 2.23 bits per heavy atom. The van der Waals surface area contributed by atoms with Gasteiger partial charge in [-0.3, -0.25) is 0 Å². The lowest BCUT2D eigenvalue weighted by molar-refractivity contribution is 0.567. The van der Waals surface area contributed by atoms with Crippen LogP contribution in [0.3, 0.4) is 0 Å². The van der Waals surface area contributed by atoms with Crippen LogP contribution < -0.4 is 5.73 Å². The highest BCUT2D eigenvalue weighted by Gasteiger charge is 2.18. The second-order valence-corrected chi connectivity index (χ2v) is 5.04. The number of rotatable bonds is 0. The molecule has 0 aliphatic heterocycles. The van der Waals surface area contributed by atoms with Crippen LogP contribution in [0.15, 0.2) is 12.1 Å². The summed E-state index contributed by atoms with van der Waals surface area (Å²) >= 11 is 2.38. The Labute approximate surface area is 92.9 Å². The van der Waals surface area contributed by atoms with Crippen molar-refractivity contribution in [3.05, 3.63) is 32.4 Å². The molecule has 1 nitrogen and oxygen atoms in total. The van der Waals surface area contributed by atoms with E-state index in [0.717, 1.165) is 6.42 Å². The molecule has 2 heteroatoms. The maximum atomic E-state index is 6.09. The average molecular weight is 287 g/mol. The molecule has 0 aromatic heterocycles. The predicted molar refractivity (Wildman–Crippen MR) is 63.8 cm³/mol. The minimum Gasteiger partial charge on any atom is -0.324 e. The van der Waals surface area contributed by atoms with Gasteiger partial charge >= 0.3 is 0 Å². The monoisotopic (exact) mass is 287 g/mol. The normalized spacial score (nSPS) is 21.3. The molecule has 1 aliphatic carbocycles. The summed E-state index contributed by atoms with van der Waals surface area (Å²) < 4.78 is 1.34. The molecule has 0 bridgehead atoms. The number of hydrogen-bond acceptors (Lipinski definition) is 1. The van der Waals surface area contributed by atoms with Crippen molar-refractivity contribution in [3.8, 4) is 0 Å². The van der Waals surface area contributed by atoms with E-state index in [0.29, 0.717) is 0 Å². The molecule has 2 N–H and O–H groups in total. The van der Waals surface area contributed by atoms with Crippen molar-refractivity contribution in [1.82, 2.24) is 0 Å². The van der Waals surface area contributed by atoms with E-state index in [1.54, 1.807) is 0 Å². The van der Waals surface area contributed by atoms with Gasteiger partial charge in [0, 0.05) is 9.61 Å². The number of aryl methyl sites for hydroxylation is 2. The zero-order chi connectivity index (χ0) is 9.42. The van der Waals surface area contributed by atoms with Gasteiger partial charge in [0.15, 0.2) is 0 Å². The van der Waals surface area contributed by atoms with E-state index in [1.165, 1.54) is 33.1 Å². The first-order valence-electron chi connectivity index (χ1n) is 4.73. The number of halogens is 1. The molecule has 0 spiro atoms. The van der Waals surface area contributed by atoms with Crippen LogP contribution in [0.1, 0.15) is 35.6 Å². The molecule has 1 aliphatic rings. The van der Waals surface area contributed by atoms with Gasteiger partial charge in [0.25, 0.3) is 0 Å². The molecular formula is C11H14IN. The van der Waals surface area contributed by atoms with Gasteiger partial charge in [0.1, 0.15) is 0 Å².